The maximum atomic E-state index is 13.5. The van der Waals surface area contributed by atoms with Crippen LogP contribution in [0.3, 0.4) is 0 Å². The molecule has 29 heavy (non-hydrogen) atoms. The van der Waals surface area contributed by atoms with E-state index in [-0.39, 0.29) is 11.7 Å². The minimum atomic E-state index is -0.351. The summed E-state index contributed by atoms with van der Waals surface area (Å²) in [6.45, 7) is 3.76. The molecule has 0 saturated carbocycles. The number of halogens is 1. The number of likely N-dealkylation sites (tertiary alicyclic amines) is 1. The minimum Gasteiger partial charge on any atom is -0.361 e. The van der Waals surface area contributed by atoms with E-state index in [4.69, 9.17) is 0 Å². The van der Waals surface area contributed by atoms with Crippen molar-refractivity contribution < 1.29 is 9.18 Å². The lowest BCUT2D eigenvalue weighted by Crippen LogP contribution is -2.30. The molecule has 2 heterocycles. The number of benzene rings is 2. The summed E-state index contributed by atoms with van der Waals surface area (Å²) in [5, 5.41) is 5.92. The van der Waals surface area contributed by atoms with Crippen molar-refractivity contribution in [1.29, 1.82) is 0 Å². The Balaban J connectivity index is 1.28. The summed E-state index contributed by atoms with van der Waals surface area (Å²) in [5.74, 6) is -0.570. The zero-order valence-corrected chi connectivity index (χ0v) is 16.7. The van der Waals surface area contributed by atoms with Gasteiger partial charge in [0.05, 0.1) is 5.57 Å². The van der Waals surface area contributed by atoms with Gasteiger partial charge in [-0.25, -0.2) is 4.39 Å². The first-order chi connectivity index (χ1) is 14.2. The van der Waals surface area contributed by atoms with Crippen LogP contribution >= 0.6 is 0 Å². The molecule has 0 aromatic heterocycles. The number of hydrogen-bond acceptors (Lipinski definition) is 3. The van der Waals surface area contributed by atoms with E-state index >= 15 is 0 Å². The lowest BCUT2D eigenvalue weighted by molar-refractivity contribution is -0.110. The summed E-state index contributed by atoms with van der Waals surface area (Å²) in [4.78, 5) is 14.7. The van der Waals surface area contributed by atoms with E-state index in [1.54, 1.807) is 12.3 Å². The first-order valence-corrected chi connectivity index (χ1v) is 10.6. The van der Waals surface area contributed by atoms with Gasteiger partial charge in [0.2, 0.25) is 0 Å². The Bertz CT molecular complexity index is 885. The quantitative estimate of drug-likeness (QED) is 0.512. The van der Waals surface area contributed by atoms with E-state index in [1.165, 1.54) is 69.4 Å². The minimum absolute atomic E-state index is 0.219. The third-order valence-corrected chi connectivity index (χ3v) is 5.74. The van der Waals surface area contributed by atoms with Gasteiger partial charge in [-0.3, -0.25) is 4.79 Å². The van der Waals surface area contributed by atoms with Crippen molar-refractivity contribution in [1.82, 2.24) is 4.90 Å². The van der Waals surface area contributed by atoms with Gasteiger partial charge in [-0.05, 0) is 87.6 Å². The number of fused-ring (bicyclic) bond motifs is 1. The molecule has 4 rings (SSSR count). The molecule has 0 unspecified atom stereocenters. The molecule has 2 aromatic carbocycles. The molecule has 2 aromatic rings. The molecule has 0 aliphatic carbocycles. The molecule has 0 radical (unpaired) electrons. The van der Waals surface area contributed by atoms with Gasteiger partial charge in [-0.1, -0.05) is 18.6 Å². The van der Waals surface area contributed by atoms with Crippen LogP contribution in [0.25, 0.3) is 5.57 Å². The van der Waals surface area contributed by atoms with Gasteiger partial charge in [0.1, 0.15) is 5.82 Å². The Labute approximate surface area is 171 Å². The number of carbonyl (C=O) groups is 1. The predicted molar refractivity (Wildman–Crippen MR) is 116 cm³/mol. The van der Waals surface area contributed by atoms with Gasteiger partial charge in [0.25, 0.3) is 5.91 Å². The van der Waals surface area contributed by atoms with Crippen molar-refractivity contribution in [2.75, 3.05) is 30.3 Å². The topological polar surface area (TPSA) is 44.4 Å². The number of rotatable bonds is 7. The van der Waals surface area contributed by atoms with Gasteiger partial charge in [-0.2, -0.15) is 0 Å². The van der Waals surface area contributed by atoms with E-state index < -0.39 is 0 Å². The fourth-order valence-corrected chi connectivity index (χ4v) is 4.07. The smallest absolute Gasteiger partial charge is 0.257 e. The van der Waals surface area contributed by atoms with Gasteiger partial charge in [0.15, 0.2) is 0 Å². The van der Waals surface area contributed by atoms with Gasteiger partial charge < -0.3 is 15.5 Å². The zero-order valence-electron chi connectivity index (χ0n) is 16.7. The van der Waals surface area contributed by atoms with Crippen LogP contribution in [0.4, 0.5) is 15.8 Å². The van der Waals surface area contributed by atoms with Crippen LogP contribution in [-0.4, -0.2) is 30.4 Å². The second-order valence-electron chi connectivity index (χ2n) is 7.90. The predicted octanol–water partition coefficient (Wildman–Crippen LogP) is 5.04. The summed E-state index contributed by atoms with van der Waals surface area (Å²) in [7, 11) is 0. The number of carbonyl (C=O) groups excluding carboxylic acids is 1. The summed E-state index contributed by atoms with van der Waals surface area (Å²) < 4.78 is 13.5. The monoisotopic (exact) mass is 393 g/mol. The molecule has 2 aliphatic heterocycles. The second-order valence-corrected chi connectivity index (χ2v) is 7.90. The highest BCUT2D eigenvalue weighted by Gasteiger charge is 2.24. The van der Waals surface area contributed by atoms with E-state index in [1.807, 2.05) is 12.1 Å². The van der Waals surface area contributed by atoms with Crippen LogP contribution < -0.4 is 10.6 Å². The fraction of sp³-hybridized carbons (Fsp3) is 0.375. The molecule has 1 saturated heterocycles. The molecule has 0 atom stereocenters. The highest BCUT2D eigenvalue weighted by atomic mass is 19.1. The third kappa shape index (κ3) is 5.04. The number of aryl methyl sites for hydroxylation is 1. The van der Waals surface area contributed by atoms with Crippen LogP contribution in [0.1, 0.15) is 43.2 Å². The highest BCUT2D eigenvalue weighted by Crippen LogP contribution is 2.32. The Morgan fingerprint density at radius 1 is 1.03 bits per heavy atom. The molecule has 0 bridgehead atoms. The van der Waals surface area contributed by atoms with Gasteiger partial charge >= 0.3 is 0 Å². The molecule has 1 amide bonds. The molecule has 152 valence electrons. The molecule has 2 aliphatic rings. The molecule has 5 heteroatoms. The van der Waals surface area contributed by atoms with E-state index in [9.17, 15) is 9.18 Å². The van der Waals surface area contributed by atoms with Crippen LogP contribution in [0.5, 0.6) is 0 Å². The van der Waals surface area contributed by atoms with E-state index in [0.717, 1.165) is 12.1 Å². The molecular weight excluding hydrogens is 365 g/mol. The van der Waals surface area contributed by atoms with E-state index in [2.05, 4.69) is 27.7 Å². The number of hydrogen-bond donors (Lipinski definition) is 2. The maximum Gasteiger partial charge on any atom is 0.257 e. The number of nitrogens with zero attached hydrogens (tertiary/aromatic N) is 1. The first-order valence-electron chi connectivity index (χ1n) is 10.6. The van der Waals surface area contributed by atoms with E-state index in [0.29, 0.717) is 16.8 Å². The van der Waals surface area contributed by atoms with Crippen molar-refractivity contribution >= 4 is 22.9 Å². The number of anilines is 2. The number of amides is 1. The van der Waals surface area contributed by atoms with Crippen LogP contribution in [0.2, 0.25) is 0 Å². The molecule has 0 spiro atoms. The average Bonchev–Trinajstić information content (AvgIpc) is 3.05. The van der Waals surface area contributed by atoms with Crippen molar-refractivity contribution in [2.24, 2.45) is 0 Å². The Morgan fingerprint density at radius 3 is 2.62 bits per heavy atom. The van der Waals surface area contributed by atoms with Gasteiger partial charge in [0, 0.05) is 23.1 Å². The summed E-state index contributed by atoms with van der Waals surface area (Å²) in [6, 6.07) is 12.6. The van der Waals surface area contributed by atoms with Crippen LogP contribution in [0, 0.1) is 5.82 Å². The highest BCUT2D eigenvalue weighted by molar-refractivity contribution is 6.31. The number of unbranched alkanes of at least 4 members (excludes halogenated alkanes) is 1. The maximum absolute atomic E-state index is 13.5. The normalized spacial score (nSPS) is 18.0. The Hall–Kier alpha value is -2.66. The molecule has 1 fully saturated rings. The summed E-state index contributed by atoms with van der Waals surface area (Å²) in [6.07, 6.45) is 9.28. The first kappa shape index (κ1) is 19.6. The van der Waals surface area contributed by atoms with Crippen molar-refractivity contribution in [2.45, 2.75) is 38.5 Å². The number of piperidine rings is 1. The standard InChI is InChI=1S/C24H28FN3O/c25-19-9-12-23-21(16-19)22(24(29)27-23)17-26-20-10-7-18(8-11-20)6-2-5-15-28-13-3-1-4-14-28/h7-12,16-17,26H,1-6,13-15H2,(H,27,29)/b22-17+. The lowest BCUT2D eigenvalue weighted by atomic mass is 10.1. The summed E-state index contributed by atoms with van der Waals surface area (Å²) >= 11 is 0. The molecule has 2 N–H and O–H groups in total. The largest absolute Gasteiger partial charge is 0.361 e. The molecular formula is C24H28FN3O. The zero-order chi connectivity index (χ0) is 20.1. The van der Waals surface area contributed by atoms with Crippen molar-refractivity contribution in [3.8, 4) is 0 Å². The second kappa shape index (κ2) is 9.23. The summed E-state index contributed by atoms with van der Waals surface area (Å²) in [5.41, 5.74) is 3.92. The van der Waals surface area contributed by atoms with Gasteiger partial charge in [-0.15, -0.1) is 0 Å². The van der Waals surface area contributed by atoms with Crippen LogP contribution in [0.15, 0.2) is 48.7 Å². The van der Waals surface area contributed by atoms with Crippen molar-refractivity contribution in [3.05, 3.63) is 65.6 Å². The van der Waals surface area contributed by atoms with Crippen molar-refractivity contribution in [3.63, 3.8) is 0 Å². The SMILES string of the molecule is O=C1Nc2ccc(F)cc2/C1=C\Nc1ccc(CCCCN2CCCCC2)cc1. The fourth-order valence-electron chi connectivity index (χ4n) is 4.07. The Kier molecular flexibility index (Phi) is 6.25. The Morgan fingerprint density at radius 2 is 1.83 bits per heavy atom. The number of nitrogens with one attached hydrogen (secondary N) is 2. The average molecular weight is 394 g/mol. The third-order valence-electron chi connectivity index (χ3n) is 5.74. The van der Waals surface area contributed by atoms with Crippen LogP contribution in [-0.2, 0) is 11.2 Å². The lowest BCUT2D eigenvalue weighted by Gasteiger charge is -2.26. The molecule has 4 nitrogen and oxygen atoms in total.